The fourth-order valence-corrected chi connectivity index (χ4v) is 4.91. The van der Waals surface area contributed by atoms with Gasteiger partial charge in [-0.1, -0.05) is 74.5 Å². The minimum absolute atomic E-state index is 0.00917. The lowest BCUT2D eigenvalue weighted by Crippen LogP contribution is -2.45. The first-order chi connectivity index (χ1) is 16.8. The second kappa shape index (κ2) is 10.8. The highest BCUT2D eigenvalue weighted by Crippen LogP contribution is 2.44. The normalized spacial score (nSPS) is 19.5. The van der Waals surface area contributed by atoms with Crippen LogP contribution in [0.4, 0.5) is 4.79 Å². The van der Waals surface area contributed by atoms with E-state index in [1.54, 1.807) is 6.08 Å². The molecule has 35 heavy (non-hydrogen) atoms. The van der Waals surface area contributed by atoms with E-state index in [1.165, 1.54) is 0 Å². The van der Waals surface area contributed by atoms with Crippen molar-refractivity contribution in [1.82, 2.24) is 10.6 Å². The molecule has 0 spiro atoms. The number of carboxylic acid groups (broad SMARTS) is 1. The van der Waals surface area contributed by atoms with Crippen molar-refractivity contribution in [3.05, 3.63) is 71.8 Å². The van der Waals surface area contributed by atoms with Gasteiger partial charge in [0.2, 0.25) is 5.91 Å². The maximum Gasteiger partial charge on any atom is 0.407 e. The van der Waals surface area contributed by atoms with Crippen LogP contribution >= 0.6 is 0 Å². The zero-order valence-corrected chi connectivity index (χ0v) is 20.1. The number of alkyl carbamates (subject to hydrolysis) is 1. The summed E-state index contributed by atoms with van der Waals surface area (Å²) in [5.41, 5.74) is 4.61. The average molecular weight is 477 g/mol. The number of benzene rings is 2. The molecule has 0 aromatic heterocycles. The average Bonchev–Trinajstić information content (AvgIpc) is 3.16. The van der Waals surface area contributed by atoms with Gasteiger partial charge in [-0.25, -0.2) is 4.79 Å². The van der Waals surface area contributed by atoms with Crippen molar-refractivity contribution in [1.29, 1.82) is 0 Å². The molecule has 7 heteroatoms. The lowest BCUT2D eigenvalue weighted by atomic mass is 9.91. The number of allylic oxidation sites excluding steroid dienone is 1. The molecule has 0 saturated heterocycles. The lowest BCUT2D eigenvalue weighted by molar-refractivity contribution is -0.142. The number of hydrogen-bond acceptors (Lipinski definition) is 4. The van der Waals surface area contributed by atoms with E-state index in [-0.39, 0.29) is 36.8 Å². The number of hydrogen-bond donors (Lipinski definition) is 3. The van der Waals surface area contributed by atoms with Crippen LogP contribution < -0.4 is 10.6 Å². The minimum atomic E-state index is -0.856. The van der Waals surface area contributed by atoms with Crippen LogP contribution in [0.1, 0.15) is 50.2 Å². The van der Waals surface area contributed by atoms with Crippen molar-refractivity contribution in [2.75, 3.05) is 6.61 Å². The number of rotatable bonds is 8. The Kier molecular flexibility index (Phi) is 7.54. The summed E-state index contributed by atoms with van der Waals surface area (Å²) in [6.45, 7) is 4.08. The quantitative estimate of drug-likeness (QED) is 0.488. The highest BCUT2D eigenvalue weighted by molar-refractivity contribution is 5.80. The molecule has 0 aliphatic heterocycles. The van der Waals surface area contributed by atoms with Gasteiger partial charge in [0.25, 0.3) is 0 Å². The second-order valence-corrected chi connectivity index (χ2v) is 9.63. The Hall–Kier alpha value is -3.61. The van der Waals surface area contributed by atoms with Gasteiger partial charge < -0.3 is 20.5 Å². The smallest absolute Gasteiger partial charge is 0.407 e. The van der Waals surface area contributed by atoms with E-state index in [1.807, 2.05) is 44.2 Å². The Morgan fingerprint density at radius 3 is 2.26 bits per heavy atom. The van der Waals surface area contributed by atoms with Gasteiger partial charge >= 0.3 is 12.1 Å². The van der Waals surface area contributed by atoms with Crippen molar-refractivity contribution in [2.24, 2.45) is 11.8 Å². The van der Waals surface area contributed by atoms with Gasteiger partial charge in [-0.2, -0.15) is 0 Å². The summed E-state index contributed by atoms with van der Waals surface area (Å²) >= 11 is 0. The summed E-state index contributed by atoms with van der Waals surface area (Å²) in [5, 5.41) is 15.0. The van der Waals surface area contributed by atoms with Gasteiger partial charge in [0.1, 0.15) is 6.61 Å². The number of nitrogens with one attached hydrogen (secondary N) is 2. The summed E-state index contributed by atoms with van der Waals surface area (Å²) in [5.74, 6) is -1.61. The molecule has 2 aliphatic carbocycles. The molecule has 2 aliphatic rings. The Balaban J connectivity index is 1.33. The van der Waals surface area contributed by atoms with Gasteiger partial charge in [0.15, 0.2) is 0 Å². The first kappa shape index (κ1) is 24.5. The first-order valence-corrected chi connectivity index (χ1v) is 12.1. The molecule has 3 unspecified atom stereocenters. The predicted molar refractivity (Wildman–Crippen MR) is 133 cm³/mol. The summed E-state index contributed by atoms with van der Waals surface area (Å²) in [7, 11) is 0. The van der Waals surface area contributed by atoms with E-state index >= 15 is 0 Å². The monoisotopic (exact) mass is 476 g/mol. The third-order valence-electron chi connectivity index (χ3n) is 6.88. The number of ether oxygens (including phenoxy) is 1. The Morgan fingerprint density at radius 1 is 1.03 bits per heavy atom. The highest BCUT2D eigenvalue weighted by atomic mass is 16.5. The van der Waals surface area contributed by atoms with Gasteiger partial charge in [-0.15, -0.1) is 0 Å². The Bertz CT molecular complexity index is 1080. The van der Waals surface area contributed by atoms with E-state index in [2.05, 4.69) is 34.9 Å². The van der Waals surface area contributed by atoms with Crippen LogP contribution in [0.2, 0.25) is 0 Å². The SMILES string of the molecule is CC(C)C(CC(=O)NC1C=CCC(C(=O)O)C1)NC(=O)OCC1c2ccccc2-c2ccccc21. The lowest BCUT2D eigenvalue weighted by Gasteiger charge is -2.26. The maximum absolute atomic E-state index is 12.7. The predicted octanol–water partition coefficient (Wildman–Crippen LogP) is 4.48. The minimum Gasteiger partial charge on any atom is -0.481 e. The topological polar surface area (TPSA) is 105 Å². The van der Waals surface area contributed by atoms with Crippen LogP contribution in [-0.4, -0.2) is 41.8 Å². The molecule has 2 aromatic rings. The molecule has 2 aromatic carbocycles. The van der Waals surface area contributed by atoms with Crippen LogP contribution in [0.25, 0.3) is 11.1 Å². The highest BCUT2D eigenvalue weighted by Gasteiger charge is 2.30. The fraction of sp³-hybridized carbons (Fsp3) is 0.393. The molecule has 2 amide bonds. The fourth-order valence-electron chi connectivity index (χ4n) is 4.91. The molecule has 3 N–H and O–H groups in total. The van der Waals surface area contributed by atoms with Crippen molar-refractivity contribution in [3.63, 3.8) is 0 Å². The van der Waals surface area contributed by atoms with Crippen molar-refractivity contribution < 1.29 is 24.2 Å². The molecule has 0 radical (unpaired) electrons. The molecular formula is C28H32N2O5. The van der Waals surface area contributed by atoms with Crippen LogP contribution in [0.15, 0.2) is 60.7 Å². The number of carbonyl (C=O) groups excluding carboxylic acids is 2. The molecule has 4 rings (SSSR count). The number of carboxylic acids is 1. The van der Waals surface area contributed by atoms with Gasteiger partial charge in [0.05, 0.1) is 5.92 Å². The van der Waals surface area contributed by atoms with E-state index in [4.69, 9.17) is 4.74 Å². The summed E-state index contributed by atoms with van der Waals surface area (Å²) in [6, 6.07) is 15.6. The Morgan fingerprint density at radius 2 is 1.66 bits per heavy atom. The van der Waals surface area contributed by atoms with Gasteiger partial charge in [-0.05, 0) is 41.0 Å². The van der Waals surface area contributed by atoms with Crippen molar-refractivity contribution >= 4 is 18.0 Å². The van der Waals surface area contributed by atoms with Gasteiger partial charge in [0, 0.05) is 24.4 Å². The molecule has 0 saturated carbocycles. The first-order valence-electron chi connectivity index (χ1n) is 12.1. The zero-order chi connectivity index (χ0) is 24.9. The molecule has 0 heterocycles. The standard InChI is InChI=1S/C28H32N2O5/c1-17(2)25(15-26(31)29-19-9-7-8-18(14-19)27(32)33)30-28(34)35-16-24-22-12-5-3-10-20(22)21-11-4-6-13-23(21)24/h3-7,9-13,17-19,24-25H,8,14-16H2,1-2H3,(H,29,31)(H,30,34)(H,32,33). The molecule has 0 fully saturated rings. The largest absolute Gasteiger partial charge is 0.481 e. The van der Waals surface area contributed by atoms with Crippen LogP contribution in [-0.2, 0) is 14.3 Å². The van der Waals surface area contributed by atoms with E-state index in [9.17, 15) is 19.5 Å². The number of fused-ring (bicyclic) bond motifs is 3. The maximum atomic E-state index is 12.7. The van der Waals surface area contributed by atoms with E-state index in [0.29, 0.717) is 12.8 Å². The van der Waals surface area contributed by atoms with Crippen LogP contribution in [0, 0.1) is 11.8 Å². The van der Waals surface area contributed by atoms with Gasteiger partial charge in [-0.3, -0.25) is 9.59 Å². The number of aliphatic carboxylic acids is 1. The van der Waals surface area contributed by atoms with Crippen molar-refractivity contribution in [3.8, 4) is 11.1 Å². The summed E-state index contributed by atoms with van der Waals surface area (Å²) < 4.78 is 5.63. The molecule has 7 nitrogen and oxygen atoms in total. The summed E-state index contributed by atoms with van der Waals surface area (Å²) in [6.07, 6.45) is 4.00. The van der Waals surface area contributed by atoms with Crippen LogP contribution in [0.3, 0.4) is 0 Å². The van der Waals surface area contributed by atoms with Crippen LogP contribution in [0.5, 0.6) is 0 Å². The third kappa shape index (κ3) is 5.73. The molecule has 3 atom stereocenters. The Labute approximate surface area is 205 Å². The number of carbonyl (C=O) groups is 3. The second-order valence-electron chi connectivity index (χ2n) is 9.63. The van der Waals surface area contributed by atoms with E-state index in [0.717, 1.165) is 22.3 Å². The summed E-state index contributed by atoms with van der Waals surface area (Å²) in [4.78, 5) is 36.6. The zero-order valence-electron chi connectivity index (χ0n) is 20.1. The van der Waals surface area contributed by atoms with E-state index < -0.39 is 24.0 Å². The van der Waals surface area contributed by atoms with Crippen molar-refractivity contribution in [2.45, 2.75) is 51.1 Å². The number of amides is 2. The molecule has 184 valence electrons. The third-order valence-corrected chi connectivity index (χ3v) is 6.88. The molecule has 0 bridgehead atoms. The molecular weight excluding hydrogens is 444 g/mol.